The predicted octanol–water partition coefficient (Wildman–Crippen LogP) is 3.05. The van der Waals surface area contributed by atoms with E-state index in [1.165, 1.54) is 12.1 Å². The van der Waals surface area contributed by atoms with Gasteiger partial charge in [-0.05, 0) is 48.6 Å². The number of hydrogen-bond donors (Lipinski definition) is 1. The van der Waals surface area contributed by atoms with E-state index in [2.05, 4.69) is 0 Å². The maximum atomic E-state index is 13.4. The Morgan fingerprint density at radius 2 is 1.93 bits per heavy atom. The Balaban J connectivity index is 2.89. The van der Waals surface area contributed by atoms with Gasteiger partial charge in [-0.1, -0.05) is 13.8 Å². The van der Waals surface area contributed by atoms with Crippen LogP contribution in [0.5, 0.6) is 0 Å². The van der Waals surface area contributed by atoms with Gasteiger partial charge in [0.15, 0.2) is 0 Å². The van der Waals surface area contributed by atoms with Crippen LogP contribution in [-0.2, 0) is 0 Å². The third kappa shape index (κ3) is 2.99. The summed E-state index contributed by atoms with van der Waals surface area (Å²) in [5.41, 5.74) is 5.89. The van der Waals surface area contributed by atoms with Gasteiger partial charge in [0.2, 0.25) is 0 Å². The average molecular weight is 213 g/mol. The van der Waals surface area contributed by atoms with Gasteiger partial charge in [0.25, 0.3) is 0 Å². The van der Waals surface area contributed by atoms with Crippen molar-refractivity contribution >= 4 is 0 Å². The number of rotatable bonds is 4. The maximum Gasteiger partial charge on any atom is 0.126 e. The molecule has 0 aromatic heterocycles. The molecule has 1 aromatic carbocycles. The largest absolute Gasteiger partial charge is 0.330 e. The van der Waals surface area contributed by atoms with E-state index in [4.69, 9.17) is 5.73 Å². The van der Waals surface area contributed by atoms with Gasteiger partial charge < -0.3 is 5.73 Å². The fourth-order valence-electron chi connectivity index (χ4n) is 1.68. The van der Waals surface area contributed by atoms with E-state index in [1.54, 1.807) is 0 Å². The molecule has 0 bridgehead atoms. The highest BCUT2D eigenvalue weighted by Gasteiger charge is 2.17. The Kier molecular flexibility index (Phi) is 4.21. The second kappa shape index (κ2) is 5.21. The van der Waals surface area contributed by atoms with Crippen molar-refractivity contribution in [3.63, 3.8) is 0 Å². The van der Waals surface area contributed by atoms with Crippen molar-refractivity contribution in [2.75, 3.05) is 6.54 Å². The van der Waals surface area contributed by atoms with Crippen LogP contribution in [0.3, 0.4) is 0 Å². The molecule has 0 fully saturated rings. The van der Waals surface area contributed by atoms with Crippen molar-refractivity contribution in [3.8, 4) is 0 Å². The zero-order valence-corrected chi connectivity index (χ0v) is 9.13. The Morgan fingerprint density at radius 3 is 2.53 bits per heavy atom. The van der Waals surface area contributed by atoms with Crippen molar-refractivity contribution in [2.45, 2.75) is 26.2 Å². The van der Waals surface area contributed by atoms with Crippen molar-refractivity contribution in [2.24, 2.45) is 11.7 Å². The van der Waals surface area contributed by atoms with E-state index >= 15 is 0 Å². The van der Waals surface area contributed by atoms with Crippen LogP contribution in [0.25, 0.3) is 0 Å². The molecule has 0 radical (unpaired) electrons. The van der Waals surface area contributed by atoms with E-state index in [0.29, 0.717) is 12.1 Å². The van der Waals surface area contributed by atoms with E-state index in [-0.39, 0.29) is 17.7 Å². The second-order valence-electron chi connectivity index (χ2n) is 4.01. The minimum atomic E-state index is -0.391. The average Bonchev–Trinajstić information content (AvgIpc) is 2.21. The third-order valence-electron chi connectivity index (χ3n) is 2.92. The first-order valence-electron chi connectivity index (χ1n) is 5.21. The topological polar surface area (TPSA) is 26.0 Å². The van der Waals surface area contributed by atoms with Gasteiger partial charge in [0.1, 0.15) is 11.6 Å². The Labute approximate surface area is 89.3 Å². The van der Waals surface area contributed by atoms with E-state index < -0.39 is 5.82 Å². The molecule has 15 heavy (non-hydrogen) atoms. The molecule has 1 nitrogen and oxygen atoms in total. The molecule has 0 aliphatic heterocycles. The summed E-state index contributed by atoms with van der Waals surface area (Å²) in [5.74, 6) is -0.485. The van der Waals surface area contributed by atoms with Crippen LogP contribution in [0.1, 0.15) is 31.7 Å². The quantitative estimate of drug-likeness (QED) is 0.817. The molecule has 0 saturated heterocycles. The van der Waals surface area contributed by atoms with E-state index in [1.807, 2.05) is 13.8 Å². The van der Waals surface area contributed by atoms with Crippen LogP contribution in [-0.4, -0.2) is 6.54 Å². The van der Waals surface area contributed by atoms with Crippen molar-refractivity contribution in [1.29, 1.82) is 0 Å². The first kappa shape index (κ1) is 12.1. The predicted molar refractivity (Wildman–Crippen MR) is 57.6 cm³/mol. The summed E-state index contributed by atoms with van der Waals surface area (Å²) in [6, 6.07) is 3.59. The van der Waals surface area contributed by atoms with Crippen molar-refractivity contribution < 1.29 is 8.78 Å². The second-order valence-corrected chi connectivity index (χ2v) is 4.01. The molecular formula is C12H17F2N. The Hall–Kier alpha value is -0.960. The highest BCUT2D eigenvalue weighted by Crippen LogP contribution is 2.28. The van der Waals surface area contributed by atoms with Crippen LogP contribution in [0.15, 0.2) is 18.2 Å². The van der Waals surface area contributed by atoms with Crippen LogP contribution in [0, 0.1) is 17.6 Å². The summed E-state index contributed by atoms with van der Waals surface area (Å²) in [7, 11) is 0. The molecule has 0 heterocycles. The monoisotopic (exact) mass is 213 g/mol. The summed E-state index contributed by atoms with van der Waals surface area (Å²) < 4.78 is 26.4. The third-order valence-corrected chi connectivity index (χ3v) is 2.92. The lowest BCUT2D eigenvalue weighted by Gasteiger charge is -2.20. The van der Waals surface area contributed by atoms with E-state index in [9.17, 15) is 8.78 Å². The molecule has 0 amide bonds. The van der Waals surface area contributed by atoms with Gasteiger partial charge in [-0.25, -0.2) is 8.78 Å². The van der Waals surface area contributed by atoms with Crippen molar-refractivity contribution in [1.82, 2.24) is 0 Å². The molecule has 1 aromatic rings. The lowest BCUT2D eigenvalue weighted by molar-refractivity contribution is 0.440. The first-order chi connectivity index (χ1) is 7.06. The summed E-state index contributed by atoms with van der Waals surface area (Å²) in [6.07, 6.45) is 0.817. The summed E-state index contributed by atoms with van der Waals surface area (Å²) in [4.78, 5) is 0. The minimum absolute atomic E-state index is 0.00995. The van der Waals surface area contributed by atoms with Gasteiger partial charge in [-0.15, -0.1) is 0 Å². The molecule has 1 rings (SSSR count). The summed E-state index contributed by atoms with van der Waals surface area (Å²) >= 11 is 0. The van der Waals surface area contributed by atoms with Gasteiger partial charge in [0, 0.05) is 0 Å². The van der Waals surface area contributed by atoms with Gasteiger partial charge in [0.05, 0.1) is 0 Å². The number of benzene rings is 1. The van der Waals surface area contributed by atoms with Crippen LogP contribution < -0.4 is 5.73 Å². The lowest BCUT2D eigenvalue weighted by atomic mass is 9.86. The first-order valence-corrected chi connectivity index (χ1v) is 5.21. The maximum absolute atomic E-state index is 13.4. The molecule has 2 N–H and O–H groups in total. The van der Waals surface area contributed by atoms with Crippen molar-refractivity contribution in [3.05, 3.63) is 35.4 Å². The van der Waals surface area contributed by atoms with Gasteiger partial charge in [-0.3, -0.25) is 0 Å². The summed E-state index contributed by atoms with van der Waals surface area (Å²) in [5, 5.41) is 0. The standard InChI is InChI=1S/C12H17F2N/c1-8(5-6-15)9(2)11-7-10(13)3-4-12(11)14/h3-4,7-9H,5-6,15H2,1-2H3. The zero-order chi connectivity index (χ0) is 11.4. The number of hydrogen-bond acceptors (Lipinski definition) is 1. The van der Waals surface area contributed by atoms with Gasteiger partial charge in [-0.2, -0.15) is 0 Å². The molecular weight excluding hydrogens is 196 g/mol. The van der Waals surface area contributed by atoms with Crippen LogP contribution in [0.2, 0.25) is 0 Å². The van der Waals surface area contributed by atoms with Gasteiger partial charge >= 0.3 is 0 Å². The van der Waals surface area contributed by atoms with Crippen LogP contribution in [0.4, 0.5) is 8.78 Å². The molecule has 0 spiro atoms. The number of nitrogens with two attached hydrogens (primary N) is 1. The zero-order valence-electron chi connectivity index (χ0n) is 9.13. The molecule has 3 heteroatoms. The highest BCUT2D eigenvalue weighted by atomic mass is 19.1. The summed E-state index contributed by atoms with van der Waals surface area (Å²) in [6.45, 7) is 4.47. The van der Waals surface area contributed by atoms with Crippen LogP contribution >= 0.6 is 0 Å². The fourth-order valence-corrected chi connectivity index (χ4v) is 1.68. The fraction of sp³-hybridized carbons (Fsp3) is 0.500. The molecule has 84 valence electrons. The highest BCUT2D eigenvalue weighted by molar-refractivity contribution is 5.22. The Morgan fingerprint density at radius 1 is 1.27 bits per heavy atom. The van der Waals surface area contributed by atoms with E-state index in [0.717, 1.165) is 12.5 Å². The smallest absolute Gasteiger partial charge is 0.126 e. The lowest BCUT2D eigenvalue weighted by Crippen LogP contribution is -2.13. The molecule has 0 saturated carbocycles. The normalized spacial score (nSPS) is 15.0. The molecule has 0 aliphatic rings. The number of halogens is 2. The minimum Gasteiger partial charge on any atom is -0.330 e. The molecule has 2 unspecified atom stereocenters. The molecule has 2 atom stereocenters. The Bertz CT molecular complexity index is 325. The molecule has 0 aliphatic carbocycles. The SMILES string of the molecule is CC(CCN)C(C)c1cc(F)ccc1F.